The first-order chi connectivity index (χ1) is 12.5. The number of hydrazone groups is 1. The van der Waals surface area contributed by atoms with Crippen LogP contribution in [0.2, 0.25) is 5.02 Å². The highest BCUT2D eigenvalue weighted by Gasteiger charge is 2.29. The second-order valence-corrected chi connectivity index (χ2v) is 6.00. The van der Waals surface area contributed by atoms with Gasteiger partial charge in [-0.1, -0.05) is 35.9 Å². The van der Waals surface area contributed by atoms with Gasteiger partial charge in [0.15, 0.2) is 6.61 Å². The third-order valence-electron chi connectivity index (χ3n) is 3.69. The van der Waals surface area contributed by atoms with Crippen molar-refractivity contribution >= 4 is 41.0 Å². The minimum absolute atomic E-state index is 0.294. The van der Waals surface area contributed by atoms with Crippen molar-refractivity contribution < 1.29 is 19.4 Å². The summed E-state index contributed by atoms with van der Waals surface area (Å²) in [7, 11) is 0. The van der Waals surface area contributed by atoms with Gasteiger partial charge in [-0.05, 0) is 37.3 Å². The number of carboxylic acids is 1. The topological polar surface area (TPSA) is 79.2 Å². The Kier molecular flexibility index (Phi) is 5.04. The van der Waals surface area contributed by atoms with E-state index in [1.807, 2.05) is 0 Å². The number of carboxylic acid groups (broad SMARTS) is 1. The molecule has 1 heterocycles. The maximum absolute atomic E-state index is 12.8. The van der Waals surface area contributed by atoms with Gasteiger partial charge in [0.2, 0.25) is 0 Å². The first kappa shape index (κ1) is 17.7. The lowest BCUT2D eigenvalue weighted by molar-refractivity contribution is -0.139. The van der Waals surface area contributed by atoms with Crippen LogP contribution in [0.4, 0.5) is 5.69 Å². The van der Waals surface area contributed by atoms with E-state index in [4.69, 9.17) is 21.4 Å². The van der Waals surface area contributed by atoms with E-state index in [9.17, 15) is 9.59 Å². The number of ether oxygens (including phenoxy) is 1. The predicted octanol–water partition coefficient (Wildman–Crippen LogP) is 3.61. The standard InChI is InChI=1S/C19H15ClN2O4/c1-12-16(9-13-5-2-3-8-17(13)26-11-18(23)24)19(25)22(21-12)15-7-4-6-14(20)10-15/h2-10H,11H2,1H3,(H,23,24). The molecule has 7 heteroatoms. The SMILES string of the molecule is CC1=NN(c2cccc(Cl)c2)C(=O)C1=Cc1ccccc1OCC(=O)O. The molecule has 0 aliphatic carbocycles. The zero-order chi connectivity index (χ0) is 18.7. The Hall–Kier alpha value is -3.12. The molecule has 1 aliphatic heterocycles. The molecular formula is C19H15ClN2O4. The van der Waals surface area contributed by atoms with Crippen LogP contribution in [0.5, 0.6) is 5.75 Å². The fourth-order valence-electron chi connectivity index (χ4n) is 2.49. The van der Waals surface area contributed by atoms with Crippen molar-refractivity contribution in [2.75, 3.05) is 11.6 Å². The molecule has 1 aliphatic rings. The van der Waals surface area contributed by atoms with Gasteiger partial charge in [-0.25, -0.2) is 4.79 Å². The van der Waals surface area contributed by atoms with E-state index in [1.54, 1.807) is 61.5 Å². The Bertz CT molecular complexity index is 937. The average molecular weight is 371 g/mol. The molecule has 2 aromatic rings. The number of rotatable bonds is 5. The number of carbonyl (C=O) groups is 2. The fraction of sp³-hybridized carbons (Fsp3) is 0.105. The van der Waals surface area contributed by atoms with Crippen molar-refractivity contribution in [2.45, 2.75) is 6.92 Å². The van der Waals surface area contributed by atoms with Gasteiger partial charge in [0, 0.05) is 10.6 Å². The van der Waals surface area contributed by atoms with E-state index in [-0.39, 0.29) is 5.91 Å². The normalized spacial score (nSPS) is 15.3. The van der Waals surface area contributed by atoms with Crippen LogP contribution >= 0.6 is 11.6 Å². The molecule has 0 radical (unpaired) electrons. The summed E-state index contributed by atoms with van der Waals surface area (Å²) in [5.74, 6) is -0.990. The van der Waals surface area contributed by atoms with Crippen molar-refractivity contribution in [3.63, 3.8) is 0 Å². The summed E-state index contributed by atoms with van der Waals surface area (Å²) in [6.45, 7) is 1.27. The van der Waals surface area contributed by atoms with Crippen LogP contribution in [-0.4, -0.2) is 29.3 Å². The second-order valence-electron chi connectivity index (χ2n) is 5.56. The highest BCUT2D eigenvalue weighted by molar-refractivity contribution is 6.33. The molecule has 0 unspecified atom stereocenters. The number of hydrogen-bond acceptors (Lipinski definition) is 4. The van der Waals surface area contributed by atoms with Gasteiger partial charge in [-0.3, -0.25) is 4.79 Å². The summed E-state index contributed by atoms with van der Waals surface area (Å²) in [5, 5.41) is 14.9. The van der Waals surface area contributed by atoms with E-state index >= 15 is 0 Å². The summed E-state index contributed by atoms with van der Waals surface area (Å²) in [6, 6.07) is 13.8. The summed E-state index contributed by atoms with van der Waals surface area (Å²) < 4.78 is 5.28. The number of hydrogen-bond donors (Lipinski definition) is 1. The summed E-state index contributed by atoms with van der Waals surface area (Å²) in [6.07, 6.45) is 1.64. The van der Waals surface area contributed by atoms with Crippen LogP contribution in [0.1, 0.15) is 12.5 Å². The van der Waals surface area contributed by atoms with Crippen LogP contribution in [0.3, 0.4) is 0 Å². The molecule has 1 amide bonds. The Morgan fingerprint density at radius 2 is 2.04 bits per heavy atom. The number of anilines is 1. The number of para-hydroxylation sites is 1. The molecule has 0 spiro atoms. The number of amides is 1. The Labute approximate surface area is 155 Å². The zero-order valence-corrected chi connectivity index (χ0v) is 14.6. The van der Waals surface area contributed by atoms with Crippen LogP contribution in [-0.2, 0) is 9.59 Å². The maximum atomic E-state index is 12.8. The lowest BCUT2D eigenvalue weighted by Gasteiger charge is -2.12. The van der Waals surface area contributed by atoms with Crippen molar-refractivity contribution in [1.29, 1.82) is 0 Å². The zero-order valence-electron chi connectivity index (χ0n) is 13.8. The van der Waals surface area contributed by atoms with Crippen LogP contribution < -0.4 is 9.75 Å². The third-order valence-corrected chi connectivity index (χ3v) is 3.92. The molecule has 2 aromatic carbocycles. The third kappa shape index (κ3) is 3.75. The van der Waals surface area contributed by atoms with Gasteiger partial charge in [0.25, 0.3) is 5.91 Å². The molecule has 3 rings (SSSR count). The van der Waals surface area contributed by atoms with Crippen molar-refractivity contribution in [2.24, 2.45) is 5.10 Å². The minimum atomic E-state index is -1.07. The van der Waals surface area contributed by atoms with Gasteiger partial charge in [-0.15, -0.1) is 0 Å². The molecule has 1 N–H and O–H groups in total. The van der Waals surface area contributed by atoms with Gasteiger partial charge in [-0.2, -0.15) is 10.1 Å². The lowest BCUT2D eigenvalue weighted by Crippen LogP contribution is -2.21. The van der Waals surface area contributed by atoms with Crippen molar-refractivity contribution in [3.05, 3.63) is 64.7 Å². The fourth-order valence-corrected chi connectivity index (χ4v) is 2.68. The molecule has 0 saturated heterocycles. The number of nitrogens with zero attached hydrogens (tertiary/aromatic N) is 2. The summed E-state index contributed by atoms with van der Waals surface area (Å²) in [5.41, 5.74) is 2.11. The largest absolute Gasteiger partial charge is 0.481 e. The highest BCUT2D eigenvalue weighted by Crippen LogP contribution is 2.28. The van der Waals surface area contributed by atoms with Gasteiger partial charge in [0.1, 0.15) is 5.75 Å². The van der Waals surface area contributed by atoms with E-state index < -0.39 is 12.6 Å². The molecule has 0 aromatic heterocycles. The van der Waals surface area contributed by atoms with E-state index in [1.165, 1.54) is 5.01 Å². The smallest absolute Gasteiger partial charge is 0.341 e. The molecule has 26 heavy (non-hydrogen) atoms. The lowest BCUT2D eigenvalue weighted by atomic mass is 10.1. The number of benzene rings is 2. The molecular weight excluding hydrogens is 356 g/mol. The van der Waals surface area contributed by atoms with Crippen LogP contribution in [0.25, 0.3) is 6.08 Å². The van der Waals surface area contributed by atoms with E-state index in [0.29, 0.717) is 33.3 Å². The monoisotopic (exact) mass is 370 g/mol. The first-order valence-corrected chi connectivity index (χ1v) is 8.14. The van der Waals surface area contributed by atoms with Gasteiger partial charge in [0.05, 0.1) is 17.0 Å². The molecule has 0 saturated carbocycles. The Morgan fingerprint density at radius 1 is 1.27 bits per heavy atom. The van der Waals surface area contributed by atoms with E-state index in [2.05, 4.69) is 5.10 Å². The average Bonchev–Trinajstić information content (AvgIpc) is 2.89. The molecule has 132 valence electrons. The van der Waals surface area contributed by atoms with Gasteiger partial charge < -0.3 is 9.84 Å². The Balaban J connectivity index is 1.92. The summed E-state index contributed by atoms with van der Waals surface area (Å²) in [4.78, 5) is 23.5. The number of halogens is 1. The number of carbonyl (C=O) groups excluding carboxylic acids is 1. The van der Waals surface area contributed by atoms with E-state index in [0.717, 1.165) is 0 Å². The van der Waals surface area contributed by atoms with Crippen molar-refractivity contribution in [3.8, 4) is 5.75 Å². The Morgan fingerprint density at radius 3 is 2.77 bits per heavy atom. The van der Waals surface area contributed by atoms with Crippen LogP contribution in [0.15, 0.2) is 59.2 Å². The second kappa shape index (κ2) is 7.41. The van der Waals surface area contributed by atoms with Gasteiger partial charge >= 0.3 is 5.97 Å². The number of aliphatic carboxylic acids is 1. The maximum Gasteiger partial charge on any atom is 0.341 e. The van der Waals surface area contributed by atoms with Crippen molar-refractivity contribution in [1.82, 2.24) is 0 Å². The highest BCUT2D eigenvalue weighted by atomic mass is 35.5. The minimum Gasteiger partial charge on any atom is -0.481 e. The predicted molar refractivity (Wildman–Crippen MR) is 99.6 cm³/mol. The quantitative estimate of drug-likeness (QED) is 0.815. The molecule has 0 bridgehead atoms. The van der Waals surface area contributed by atoms with Crippen LogP contribution in [0, 0.1) is 0 Å². The molecule has 6 nitrogen and oxygen atoms in total. The summed E-state index contributed by atoms with van der Waals surface area (Å²) >= 11 is 5.99. The molecule has 0 fully saturated rings. The molecule has 0 atom stereocenters. The first-order valence-electron chi connectivity index (χ1n) is 7.76.